The number of rotatable bonds is 4. The van der Waals surface area contributed by atoms with Gasteiger partial charge in [0.05, 0.1) is 17.3 Å². The van der Waals surface area contributed by atoms with Crippen molar-refractivity contribution >= 4 is 33.4 Å². The molecule has 2 heterocycles. The number of halogens is 1. The maximum atomic E-state index is 12.8. The molecule has 1 aliphatic heterocycles. The highest BCUT2D eigenvalue weighted by Crippen LogP contribution is 2.33. The van der Waals surface area contributed by atoms with E-state index in [-0.39, 0.29) is 23.7 Å². The second-order valence-electron chi connectivity index (χ2n) is 6.89. The summed E-state index contributed by atoms with van der Waals surface area (Å²) in [6.07, 6.45) is 6.70. The number of nitrogens with zero attached hydrogens (tertiary/aromatic N) is 4. The Morgan fingerprint density at radius 1 is 1.19 bits per heavy atom. The summed E-state index contributed by atoms with van der Waals surface area (Å²) in [5.74, 6) is 0.167. The molecule has 0 radical (unpaired) electrons. The standard InChI is InChI=1S/C18H20BrN5O2/c19-14-5-6-16(24-11-20-10-21-24)15(8-14)22-17(25)13-2-1-7-23(9-13)18(26)12-3-4-12/h5-6,8,10-13H,1-4,7,9H2,(H,22,25). The van der Waals surface area contributed by atoms with E-state index in [1.54, 1.807) is 11.0 Å². The van der Waals surface area contributed by atoms with Gasteiger partial charge in [-0.1, -0.05) is 15.9 Å². The molecule has 1 saturated heterocycles. The normalized spacial score (nSPS) is 20.0. The van der Waals surface area contributed by atoms with Crippen molar-refractivity contribution in [3.8, 4) is 5.69 Å². The van der Waals surface area contributed by atoms with Crippen LogP contribution in [0.3, 0.4) is 0 Å². The highest BCUT2D eigenvalue weighted by Gasteiger charge is 2.36. The lowest BCUT2D eigenvalue weighted by molar-refractivity contribution is -0.135. The minimum Gasteiger partial charge on any atom is -0.342 e. The predicted octanol–water partition coefficient (Wildman–Crippen LogP) is 2.62. The molecule has 2 aliphatic rings. The first-order chi connectivity index (χ1) is 12.6. The molecular formula is C18H20BrN5O2. The summed E-state index contributed by atoms with van der Waals surface area (Å²) >= 11 is 3.45. The quantitative estimate of drug-likeness (QED) is 0.828. The zero-order valence-corrected chi connectivity index (χ0v) is 15.9. The summed E-state index contributed by atoms with van der Waals surface area (Å²) in [5.41, 5.74) is 1.42. The van der Waals surface area contributed by atoms with Gasteiger partial charge in [-0.25, -0.2) is 9.67 Å². The Balaban J connectivity index is 1.49. The number of amides is 2. The first kappa shape index (κ1) is 17.2. The van der Waals surface area contributed by atoms with E-state index in [1.807, 2.05) is 23.1 Å². The van der Waals surface area contributed by atoms with Gasteiger partial charge in [0.15, 0.2) is 0 Å². The van der Waals surface area contributed by atoms with Gasteiger partial charge in [0, 0.05) is 23.5 Å². The maximum absolute atomic E-state index is 12.8. The fourth-order valence-electron chi connectivity index (χ4n) is 3.36. The number of piperidine rings is 1. The third-order valence-corrected chi connectivity index (χ3v) is 5.41. The van der Waals surface area contributed by atoms with E-state index in [2.05, 4.69) is 31.3 Å². The maximum Gasteiger partial charge on any atom is 0.229 e. The molecule has 1 unspecified atom stereocenters. The summed E-state index contributed by atoms with van der Waals surface area (Å²) in [6.45, 7) is 1.27. The third kappa shape index (κ3) is 3.65. The van der Waals surface area contributed by atoms with E-state index < -0.39 is 0 Å². The van der Waals surface area contributed by atoms with Crippen molar-refractivity contribution < 1.29 is 9.59 Å². The van der Waals surface area contributed by atoms with Crippen molar-refractivity contribution in [2.45, 2.75) is 25.7 Å². The van der Waals surface area contributed by atoms with Crippen LogP contribution < -0.4 is 5.32 Å². The first-order valence-corrected chi connectivity index (χ1v) is 9.65. The summed E-state index contributed by atoms with van der Waals surface area (Å²) in [6, 6.07) is 5.62. The van der Waals surface area contributed by atoms with Gasteiger partial charge in [0.1, 0.15) is 12.7 Å². The van der Waals surface area contributed by atoms with Gasteiger partial charge in [-0.2, -0.15) is 5.10 Å². The second-order valence-corrected chi connectivity index (χ2v) is 7.80. The van der Waals surface area contributed by atoms with Crippen LogP contribution in [-0.4, -0.2) is 44.6 Å². The highest BCUT2D eigenvalue weighted by molar-refractivity contribution is 9.10. The molecule has 2 aromatic rings. The van der Waals surface area contributed by atoms with Crippen LogP contribution in [0.4, 0.5) is 5.69 Å². The van der Waals surface area contributed by atoms with Crippen LogP contribution >= 0.6 is 15.9 Å². The average Bonchev–Trinajstić information content (AvgIpc) is 3.36. The Hall–Kier alpha value is -2.22. The molecule has 2 amide bonds. The number of carbonyl (C=O) groups is 2. The van der Waals surface area contributed by atoms with Crippen LogP contribution in [0.2, 0.25) is 0 Å². The van der Waals surface area contributed by atoms with Crippen LogP contribution in [0.1, 0.15) is 25.7 Å². The number of carbonyl (C=O) groups excluding carboxylic acids is 2. The SMILES string of the molecule is O=C(Nc1cc(Br)ccc1-n1cncn1)C1CCCN(C(=O)C2CC2)C1. The minimum absolute atomic E-state index is 0.0576. The molecule has 1 aromatic carbocycles. The van der Waals surface area contributed by atoms with Gasteiger partial charge in [0.2, 0.25) is 11.8 Å². The Labute approximate surface area is 159 Å². The highest BCUT2D eigenvalue weighted by atomic mass is 79.9. The lowest BCUT2D eigenvalue weighted by Crippen LogP contribution is -2.44. The molecule has 26 heavy (non-hydrogen) atoms. The Morgan fingerprint density at radius 3 is 2.77 bits per heavy atom. The van der Waals surface area contributed by atoms with E-state index in [4.69, 9.17) is 0 Å². The molecule has 0 spiro atoms. The molecule has 0 bridgehead atoms. The molecule has 136 valence electrons. The summed E-state index contributed by atoms with van der Waals surface area (Å²) in [7, 11) is 0. The molecule has 1 saturated carbocycles. The van der Waals surface area contributed by atoms with Crippen molar-refractivity contribution in [2.24, 2.45) is 11.8 Å². The van der Waals surface area contributed by atoms with Gasteiger partial charge in [-0.15, -0.1) is 0 Å². The van der Waals surface area contributed by atoms with E-state index in [9.17, 15) is 9.59 Å². The molecule has 1 aromatic heterocycles. The molecule has 4 rings (SSSR count). The van der Waals surface area contributed by atoms with Gasteiger partial charge >= 0.3 is 0 Å². The van der Waals surface area contributed by atoms with E-state index in [0.29, 0.717) is 12.2 Å². The molecule has 7 nitrogen and oxygen atoms in total. The molecule has 1 N–H and O–H groups in total. The van der Waals surface area contributed by atoms with Crippen LogP contribution in [0.25, 0.3) is 5.69 Å². The van der Waals surface area contributed by atoms with Crippen molar-refractivity contribution in [3.05, 3.63) is 35.3 Å². The number of aromatic nitrogens is 3. The van der Waals surface area contributed by atoms with Gasteiger partial charge in [-0.05, 0) is 43.9 Å². The van der Waals surface area contributed by atoms with Gasteiger partial charge in [-0.3, -0.25) is 9.59 Å². The van der Waals surface area contributed by atoms with Crippen LogP contribution in [0.5, 0.6) is 0 Å². The molecule has 2 fully saturated rings. The summed E-state index contributed by atoms with van der Waals surface area (Å²) in [4.78, 5) is 31.0. The monoisotopic (exact) mass is 417 g/mol. The van der Waals surface area contributed by atoms with Gasteiger partial charge < -0.3 is 10.2 Å². The Morgan fingerprint density at radius 2 is 2.04 bits per heavy atom. The third-order valence-electron chi connectivity index (χ3n) is 4.91. The number of benzene rings is 1. The van der Waals surface area contributed by atoms with Crippen LogP contribution in [-0.2, 0) is 9.59 Å². The van der Waals surface area contributed by atoms with Crippen molar-refractivity contribution in [3.63, 3.8) is 0 Å². The van der Waals surface area contributed by atoms with Crippen molar-refractivity contribution in [2.75, 3.05) is 18.4 Å². The van der Waals surface area contributed by atoms with Crippen molar-refractivity contribution in [1.82, 2.24) is 19.7 Å². The Bertz CT molecular complexity index is 819. The van der Waals surface area contributed by atoms with E-state index in [1.165, 1.54) is 6.33 Å². The number of anilines is 1. The lowest BCUT2D eigenvalue weighted by Gasteiger charge is -2.32. The Kier molecular flexibility index (Phi) is 4.76. The largest absolute Gasteiger partial charge is 0.342 e. The zero-order chi connectivity index (χ0) is 18.1. The number of hydrogen-bond acceptors (Lipinski definition) is 4. The summed E-state index contributed by atoms with van der Waals surface area (Å²) in [5, 5.41) is 7.16. The second kappa shape index (κ2) is 7.19. The zero-order valence-electron chi connectivity index (χ0n) is 14.3. The fourth-order valence-corrected chi connectivity index (χ4v) is 3.72. The smallest absolute Gasteiger partial charge is 0.229 e. The van der Waals surface area contributed by atoms with Crippen LogP contribution in [0, 0.1) is 11.8 Å². The predicted molar refractivity (Wildman–Crippen MR) is 99.7 cm³/mol. The average molecular weight is 418 g/mol. The van der Waals surface area contributed by atoms with Crippen molar-refractivity contribution in [1.29, 1.82) is 0 Å². The molecular weight excluding hydrogens is 398 g/mol. The number of nitrogens with one attached hydrogen (secondary N) is 1. The summed E-state index contributed by atoms with van der Waals surface area (Å²) < 4.78 is 2.48. The van der Waals surface area contributed by atoms with Crippen LogP contribution in [0.15, 0.2) is 35.3 Å². The minimum atomic E-state index is -0.186. The molecule has 1 aliphatic carbocycles. The molecule has 1 atom stereocenters. The lowest BCUT2D eigenvalue weighted by atomic mass is 9.96. The van der Waals surface area contributed by atoms with Gasteiger partial charge in [0.25, 0.3) is 0 Å². The number of hydrogen-bond donors (Lipinski definition) is 1. The topological polar surface area (TPSA) is 80.1 Å². The fraction of sp³-hybridized carbons (Fsp3) is 0.444. The number of likely N-dealkylation sites (tertiary alicyclic amines) is 1. The van der Waals surface area contributed by atoms with E-state index in [0.717, 1.165) is 42.4 Å². The molecule has 8 heteroatoms. The van der Waals surface area contributed by atoms with E-state index >= 15 is 0 Å². The first-order valence-electron chi connectivity index (χ1n) is 8.86.